The summed E-state index contributed by atoms with van der Waals surface area (Å²) in [5, 5.41) is 12.5. The number of hydrogen-bond donors (Lipinski definition) is 1. The molecule has 7 nitrogen and oxygen atoms in total. The Kier molecular flexibility index (Phi) is 5.45. The molecule has 0 bridgehead atoms. The Balaban J connectivity index is 1.61. The summed E-state index contributed by atoms with van der Waals surface area (Å²) in [6, 6.07) is 9.41. The molecule has 28 heavy (non-hydrogen) atoms. The molecule has 4 rings (SSSR count). The highest BCUT2D eigenvalue weighted by molar-refractivity contribution is 7.98. The van der Waals surface area contributed by atoms with Gasteiger partial charge in [-0.25, -0.2) is 4.98 Å². The normalized spacial score (nSPS) is 12.4. The first-order chi connectivity index (χ1) is 13.7. The Hall–Kier alpha value is -2.65. The average molecular weight is 413 g/mol. The maximum Gasteiger partial charge on any atom is 0.263 e. The highest BCUT2D eigenvalue weighted by atomic mass is 32.2. The van der Waals surface area contributed by atoms with Gasteiger partial charge in [-0.3, -0.25) is 9.20 Å². The molecule has 0 aromatic carbocycles. The fourth-order valence-corrected chi connectivity index (χ4v) is 4.40. The largest absolute Gasteiger partial charge is 0.341 e. The second kappa shape index (κ2) is 8.15. The van der Waals surface area contributed by atoms with E-state index >= 15 is 0 Å². The molecule has 144 valence electrons. The van der Waals surface area contributed by atoms with Crippen LogP contribution in [0.2, 0.25) is 0 Å². The van der Waals surface area contributed by atoms with Gasteiger partial charge in [0.2, 0.25) is 0 Å². The van der Waals surface area contributed by atoms with Crippen LogP contribution in [0, 0.1) is 6.92 Å². The van der Waals surface area contributed by atoms with Crippen LogP contribution in [-0.2, 0) is 0 Å². The minimum Gasteiger partial charge on any atom is -0.341 e. The molecular weight excluding hydrogens is 392 g/mol. The lowest BCUT2D eigenvalue weighted by Crippen LogP contribution is -2.30. The van der Waals surface area contributed by atoms with Crippen LogP contribution in [-0.4, -0.2) is 42.1 Å². The number of aromatic nitrogens is 5. The van der Waals surface area contributed by atoms with Crippen molar-refractivity contribution in [3.8, 4) is 5.13 Å². The zero-order chi connectivity index (χ0) is 19.5. The Bertz CT molecular complexity index is 1090. The maximum absolute atomic E-state index is 13.0. The van der Waals surface area contributed by atoms with Crippen LogP contribution in [0.15, 0.2) is 48.9 Å². The Labute approximate surface area is 170 Å². The third-order valence-electron chi connectivity index (χ3n) is 4.38. The molecule has 0 radical (unpaired) electrons. The number of pyridine rings is 1. The van der Waals surface area contributed by atoms with Crippen molar-refractivity contribution in [3.63, 3.8) is 0 Å². The minimum absolute atomic E-state index is 0.132. The fraction of sp³-hybridized carbons (Fsp3) is 0.263. The molecule has 1 amide bonds. The van der Waals surface area contributed by atoms with Gasteiger partial charge in [0.05, 0.1) is 11.7 Å². The van der Waals surface area contributed by atoms with E-state index in [4.69, 9.17) is 0 Å². The molecule has 0 saturated heterocycles. The number of thioether (sulfide) groups is 1. The molecule has 1 atom stereocenters. The topological polar surface area (TPSA) is 77.1 Å². The van der Waals surface area contributed by atoms with Crippen LogP contribution in [0.3, 0.4) is 0 Å². The monoisotopic (exact) mass is 412 g/mol. The molecule has 0 aliphatic heterocycles. The molecule has 4 heterocycles. The van der Waals surface area contributed by atoms with E-state index in [1.807, 2.05) is 64.8 Å². The van der Waals surface area contributed by atoms with E-state index in [1.165, 1.54) is 11.3 Å². The average Bonchev–Trinajstić information content (AvgIpc) is 3.44. The number of thiazole rings is 1. The van der Waals surface area contributed by atoms with Crippen molar-refractivity contribution >= 4 is 34.7 Å². The van der Waals surface area contributed by atoms with Gasteiger partial charge in [0.15, 0.2) is 16.6 Å². The van der Waals surface area contributed by atoms with E-state index in [9.17, 15) is 4.79 Å². The molecule has 1 N–H and O–H groups in total. The number of carbonyl (C=O) groups excluding carboxylic acids is 1. The van der Waals surface area contributed by atoms with E-state index in [1.54, 1.807) is 11.8 Å². The van der Waals surface area contributed by atoms with Crippen LogP contribution in [0.5, 0.6) is 0 Å². The lowest BCUT2D eigenvalue weighted by Gasteiger charge is -2.16. The van der Waals surface area contributed by atoms with Crippen LogP contribution in [0.4, 0.5) is 0 Å². The number of nitrogens with zero attached hydrogens (tertiary/aromatic N) is 5. The van der Waals surface area contributed by atoms with Crippen LogP contribution in [0.25, 0.3) is 10.8 Å². The minimum atomic E-state index is -0.228. The van der Waals surface area contributed by atoms with Gasteiger partial charge in [-0.2, -0.15) is 11.8 Å². The molecule has 9 heteroatoms. The molecule has 0 saturated carbocycles. The number of carbonyl (C=O) groups is 1. The molecule has 0 aliphatic rings. The summed E-state index contributed by atoms with van der Waals surface area (Å²) in [4.78, 5) is 18.2. The summed E-state index contributed by atoms with van der Waals surface area (Å²) in [5.74, 6) is 1.51. The summed E-state index contributed by atoms with van der Waals surface area (Å²) < 4.78 is 3.84. The van der Waals surface area contributed by atoms with Gasteiger partial charge in [-0.05, 0) is 49.6 Å². The van der Waals surface area contributed by atoms with Gasteiger partial charge in [0.1, 0.15) is 4.88 Å². The first-order valence-electron chi connectivity index (χ1n) is 8.87. The van der Waals surface area contributed by atoms with Crippen LogP contribution < -0.4 is 5.32 Å². The molecule has 0 aliphatic carbocycles. The van der Waals surface area contributed by atoms with E-state index in [0.717, 1.165) is 34.5 Å². The number of amides is 1. The van der Waals surface area contributed by atoms with Crippen molar-refractivity contribution < 1.29 is 4.79 Å². The van der Waals surface area contributed by atoms with Gasteiger partial charge in [0.25, 0.3) is 5.91 Å². The summed E-state index contributed by atoms with van der Waals surface area (Å²) in [6.07, 6.45) is 8.58. The standard InChI is InChI=1S/C19H20N6OS2/c1-13-16(28-19(20-13)24-9-5-6-10-24)18(26)21-14(8-12-27-2)17-23-22-15-7-3-4-11-25(15)17/h3-7,9-11,14H,8,12H2,1-2H3,(H,21,26)/t14-/m0/s1. The van der Waals surface area contributed by atoms with Gasteiger partial charge in [0, 0.05) is 18.6 Å². The zero-order valence-corrected chi connectivity index (χ0v) is 17.2. The summed E-state index contributed by atoms with van der Waals surface area (Å²) in [7, 11) is 0. The van der Waals surface area contributed by atoms with E-state index in [0.29, 0.717) is 4.88 Å². The van der Waals surface area contributed by atoms with Gasteiger partial charge >= 0.3 is 0 Å². The number of rotatable bonds is 7. The SMILES string of the molecule is CSCC[C@H](NC(=O)c1sc(-n2cccc2)nc1C)c1nnc2ccccn12. The first-order valence-corrected chi connectivity index (χ1v) is 11.1. The third kappa shape index (κ3) is 3.67. The summed E-state index contributed by atoms with van der Waals surface area (Å²) >= 11 is 3.12. The van der Waals surface area contributed by atoms with Gasteiger partial charge < -0.3 is 9.88 Å². The quantitative estimate of drug-likeness (QED) is 0.503. The predicted molar refractivity (Wildman–Crippen MR) is 112 cm³/mol. The number of aryl methyl sites for hydroxylation is 1. The van der Waals surface area contributed by atoms with Crippen molar-refractivity contribution in [2.75, 3.05) is 12.0 Å². The van der Waals surface area contributed by atoms with E-state index < -0.39 is 0 Å². The molecular formula is C19H20N6OS2. The lowest BCUT2D eigenvalue weighted by atomic mass is 10.2. The third-order valence-corrected chi connectivity index (χ3v) is 6.20. The second-order valence-corrected chi connectivity index (χ2v) is 8.26. The summed E-state index contributed by atoms with van der Waals surface area (Å²) in [5.41, 5.74) is 1.49. The number of fused-ring (bicyclic) bond motifs is 1. The van der Waals surface area contributed by atoms with Crippen molar-refractivity contribution in [2.45, 2.75) is 19.4 Å². The maximum atomic E-state index is 13.0. The Morgan fingerprint density at radius 2 is 2.00 bits per heavy atom. The van der Waals surface area contributed by atoms with Crippen molar-refractivity contribution in [2.24, 2.45) is 0 Å². The summed E-state index contributed by atoms with van der Waals surface area (Å²) in [6.45, 7) is 1.86. The molecule has 4 aromatic heterocycles. The fourth-order valence-electron chi connectivity index (χ4n) is 2.99. The van der Waals surface area contributed by atoms with Gasteiger partial charge in [-0.1, -0.05) is 17.4 Å². The molecule has 0 unspecified atom stereocenters. The highest BCUT2D eigenvalue weighted by Crippen LogP contribution is 2.24. The van der Waals surface area contributed by atoms with Gasteiger partial charge in [-0.15, -0.1) is 10.2 Å². The van der Waals surface area contributed by atoms with Crippen molar-refractivity contribution in [3.05, 3.63) is 65.3 Å². The molecule has 0 fully saturated rings. The highest BCUT2D eigenvalue weighted by Gasteiger charge is 2.23. The van der Waals surface area contributed by atoms with Crippen LogP contribution >= 0.6 is 23.1 Å². The van der Waals surface area contributed by atoms with E-state index in [2.05, 4.69) is 26.8 Å². The van der Waals surface area contributed by atoms with E-state index in [-0.39, 0.29) is 11.9 Å². The second-order valence-electron chi connectivity index (χ2n) is 6.30. The Morgan fingerprint density at radius 3 is 2.79 bits per heavy atom. The zero-order valence-electron chi connectivity index (χ0n) is 15.6. The number of hydrogen-bond acceptors (Lipinski definition) is 6. The first kappa shape index (κ1) is 18.7. The van der Waals surface area contributed by atoms with Crippen molar-refractivity contribution in [1.82, 2.24) is 29.5 Å². The molecule has 0 spiro atoms. The molecule has 4 aromatic rings. The predicted octanol–water partition coefficient (Wildman–Crippen LogP) is 3.51. The Morgan fingerprint density at radius 1 is 1.21 bits per heavy atom. The van der Waals surface area contributed by atoms with Crippen LogP contribution in [0.1, 0.15) is 33.7 Å². The smallest absolute Gasteiger partial charge is 0.263 e. The van der Waals surface area contributed by atoms with Crippen molar-refractivity contribution in [1.29, 1.82) is 0 Å². The lowest BCUT2D eigenvalue weighted by molar-refractivity contribution is 0.0937. The number of nitrogens with one attached hydrogen (secondary N) is 1.